The van der Waals surface area contributed by atoms with Crippen molar-refractivity contribution in [3.8, 4) is 0 Å². The Bertz CT molecular complexity index is 691. The lowest BCUT2D eigenvalue weighted by Gasteiger charge is -2.24. The predicted molar refractivity (Wildman–Crippen MR) is 75.3 cm³/mol. The molecule has 1 aromatic rings. The van der Waals surface area contributed by atoms with E-state index in [0.29, 0.717) is 0 Å². The Labute approximate surface area is 125 Å². The molecule has 4 atom stereocenters. The number of H-pyrrole nitrogens is 1. The summed E-state index contributed by atoms with van der Waals surface area (Å²) >= 11 is 0. The van der Waals surface area contributed by atoms with Gasteiger partial charge >= 0.3 is 5.69 Å². The van der Waals surface area contributed by atoms with Gasteiger partial charge in [-0.15, -0.1) is 0 Å². The van der Waals surface area contributed by atoms with Gasteiger partial charge in [0.15, 0.2) is 12.0 Å². The molecule has 3 rings (SSSR count). The average molecular weight is 310 g/mol. The molecule has 2 aliphatic rings. The Balaban J connectivity index is 1.96. The van der Waals surface area contributed by atoms with Crippen LogP contribution in [0.3, 0.4) is 0 Å². The lowest BCUT2D eigenvalue weighted by atomic mass is 10.1. The molecule has 0 radical (unpaired) electrons. The molecule has 22 heavy (non-hydrogen) atoms. The molecule has 0 amide bonds. The van der Waals surface area contributed by atoms with Gasteiger partial charge in [-0.3, -0.25) is 14.3 Å². The highest BCUT2D eigenvalue weighted by molar-refractivity contribution is 5.06. The summed E-state index contributed by atoms with van der Waals surface area (Å²) in [7, 11) is 0. The van der Waals surface area contributed by atoms with Gasteiger partial charge in [-0.25, -0.2) is 4.79 Å². The van der Waals surface area contributed by atoms with E-state index in [1.165, 1.54) is 16.8 Å². The van der Waals surface area contributed by atoms with E-state index < -0.39 is 41.6 Å². The van der Waals surface area contributed by atoms with Crippen molar-refractivity contribution >= 4 is 0 Å². The summed E-state index contributed by atoms with van der Waals surface area (Å²) in [6.07, 6.45) is 2.53. The maximum Gasteiger partial charge on any atom is 0.330 e. The molecule has 120 valence electrons. The van der Waals surface area contributed by atoms with Crippen LogP contribution in [0.1, 0.15) is 20.1 Å². The number of aromatic nitrogens is 2. The normalized spacial score (nSPS) is 33.4. The predicted octanol–water partition coefficient (Wildman–Crippen LogP) is -0.497. The number of aliphatic hydroxyl groups is 1. The van der Waals surface area contributed by atoms with Gasteiger partial charge in [-0.1, -0.05) is 12.2 Å². The van der Waals surface area contributed by atoms with Gasteiger partial charge in [0.2, 0.25) is 0 Å². The van der Waals surface area contributed by atoms with E-state index in [4.69, 9.17) is 19.3 Å². The average Bonchev–Trinajstić information content (AvgIpc) is 2.91. The van der Waals surface area contributed by atoms with E-state index in [-0.39, 0.29) is 6.61 Å². The second kappa shape index (κ2) is 5.47. The van der Waals surface area contributed by atoms with Crippen LogP contribution in [-0.2, 0) is 14.2 Å². The minimum Gasteiger partial charge on any atom is -0.392 e. The fourth-order valence-corrected chi connectivity index (χ4v) is 2.81. The van der Waals surface area contributed by atoms with Gasteiger partial charge in [-0.05, 0) is 13.8 Å². The molecule has 8 nitrogen and oxygen atoms in total. The van der Waals surface area contributed by atoms with Crippen LogP contribution in [0.15, 0.2) is 34.0 Å². The smallest absolute Gasteiger partial charge is 0.330 e. The van der Waals surface area contributed by atoms with Crippen molar-refractivity contribution in [1.29, 1.82) is 0 Å². The van der Waals surface area contributed by atoms with Crippen LogP contribution < -0.4 is 11.2 Å². The zero-order valence-corrected chi connectivity index (χ0v) is 12.3. The van der Waals surface area contributed by atoms with Crippen molar-refractivity contribution in [3.05, 3.63) is 45.3 Å². The molecule has 2 saturated heterocycles. The number of aliphatic hydroxyl groups excluding tert-OH is 1. The third kappa shape index (κ3) is 2.66. The fraction of sp³-hybridized carbons (Fsp3) is 0.571. The molecule has 0 unspecified atom stereocenters. The number of ether oxygens (including phenoxy) is 3. The van der Waals surface area contributed by atoms with E-state index in [1.807, 2.05) is 0 Å². The molecule has 0 bridgehead atoms. The van der Waals surface area contributed by atoms with Crippen LogP contribution in [0.5, 0.6) is 0 Å². The summed E-state index contributed by atoms with van der Waals surface area (Å²) in [5.74, 6) is -0.797. The molecule has 2 fully saturated rings. The minimum atomic E-state index is -0.797. The zero-order valence-electron chi connectivity index (χ0n) is 12.3. The topological polar surface area (TPSA) is 103 Å². The molecule has 0 aromatic carbocycles. The number of nitrogens with zero attached hydrogens (tertiary/aromatic N) is 1. The summed E-state index contributed by atoms with van der Waals surface area (Å²) in [5, 5.41) is 8.92. The quantitative estimate of drug-likeness (QED) is 0.730. The lowest BCUT2D eigenvalue weighted by Crippen LogP contribution is -2.37. The van der Waals surface area contributed by atoms with Crippen LogP contribution in [0, 0.1) is 0 Å². The van der Waals surface area contributed by atoms with Crippen molar-refractivity contribution in [2.24, 2.45) is 0 Å². The molecular weight excluding hydrogens is 292 g/mol. The molecular formula is C14H18N2O6. The second-order valence-corrected chi connectivity index (χ2v) is 5.68. The Morgan fingerprint density at radius 1 is 1.36 bits per heavy atom. The van der Waals surface area contributed by atoms with E-state index in [0.717, 1.165) is 0 Å². The lowest BCUT2D eigenvalue weighted by molar-refractivity contribution is -0.192. The minimum absolute atomic E-state index is 0.120. The van der Waals surface area contributed by atoms with Crippen molar-refractivity contribution in [1.82, 2.24) is 9.55 Å². The van der Waals surface area contributed by atoms with Gasteiger partial charge in [0.25, 0.3) is 5.56 Å². The molecule has 2 aliphatic heterocycles. The number of hydrogen-bond acceptors (Lipinski definition) is 6. The van der Waals surface area contributed by atoms with Gasteiger partial charge in [-0.2, -0.15) is 0 Å². The highest BCUT2D eigenvalue weighted by atomic mass is 16.8. The second-order valence-electron chi connectivity index (χ2n) is 5.68. The zero-order chi connectivity index (χ0) is 15.9. The van der Waals surface area contributed by atoms with Crippen LogP contribution in [0.25, 0.3) is 0 Å². The first-order chi connectivity index (χ1) is 10.4. The summed E-state index contributed by atoms with van der Waals surface area (Å²) < 4.78 is 18.8. The highest BCUT2D eigenvalue weighted by Crippen LogP contribution is 2.42. The van der Waals surface area contributed by atoms with Crippen LogP contribution in [0.4, 0.5) is 0 Å². The molecule has 0 saturated carbocycles. The molecule has 0 aliphatic carbocycles. The SMILES string of the molecule is CC1(C)O[C@@H]2[C@H](O1)[C@@H](/C=C/CO)O[C@H]2n1ccc(=O)[nH]c1=O. The van der Waals surface area contributed by atoms with Crippen molar-refractivity contribution in [2.45, 2.75) is 44.2 Å². The third-order valence-corrected chi connectivity index (χ3v) is 3.62. The Morgan fingerprint density at radius 3 is 2.77 bits per heavy atom. The first-order valence-electron chi connectivity index (χ1n) is 7.01. The van der Waals surface area contributed by atoms with Crippen molar-refractivity contribution in [3.63, 3.8) is 0 Å². The monoisotopic (exact) mass is 310 g/mol. The van der Waals surface area contributed by atoms with E-state index in [1.54, 1.807) is 26.0 Å². The Kier molecular flexibility index (Phi) is 3.77. The van der Waals surface area contributed by atoms with Gasteiger partial charge < -0.3 is 19.3 Å². The van der Waals surface area contributed by atoms with Crippen molar-refractivity contribution in [2.75, 3.05) is 6.61 Å². The number of rotatable bonds is 3. The number of nitrogens with one attached hydrogen (secondary N) is 1. The first-order valence-corrected chi connectivity index (χ1v) is 7.01. The molecule has 2 N–H and O–H groups in total. The first kappa shape index (κ1) is 15.2. The number of fused-ring (bicyclic) bond motifs is 1. The Morgan fingerprint density at radius 2 is 2.09 bits per heavy atom. The maximum absolute atomic E-state index is 12.0. The summed E-state index contributed by atoms with van der Waals surface area (Å²) in [6.45, 7) is 3.44. The summed E-state index contributed by atoms with van der Waals surface area (Å²) in [5.41, 5.74) is -1.05. The van der Waals surface area contributed by atoms with E-state index in [2.05, 4.69) is 4.98 Å². The number of aromatic amines is 1. The van der Waals surface area contributed by atoms with E-state index >= 15 is 0 Å². The van der Waals surface area contributed by atoms with Crippen molar-refractivity contribution < 1.29 is 19.3 Å². The van der Waals surface area contributed by atoms with Gasteiger partial charge in [0, 0.05) is 12.3 Å². The molecule has 3 heterocycles. The van der Waals surface area contributed by atoms with Crippen LogP contribution >= 0.6 is 0 Å². The van der Waals surface area contributed by atoms with Gasteiger partial charge in [0.1, 0.15) is 18.3 Å². The fourth-order valence-electron chi connectivity index (χ4n) is 2.81. The molecule has 8 heteroatoms. The summed E-state index contributed by atoms with van der Waals surface area (Å²) in [4.78, 5) is 25.4. The summed E-state index contributed by atoms with van der Waals surface area (Å²) in [6, 6.07) is 1.25. The number of hydrogen-bond donors (Lipinski definition) is 2. The standard InChI is InChI=1S/C14H18N2O6/c1-14(2)21-10-8(4-3-7-17)20-12(11(10)22-14)16-6-5-9(18)15-13(16)19/h3-6,8,10-12,17H,7H2,1-2H3,(H,15,18,19)/b4-3+/t8-,10-,11-,12-/m1/s1. The van der Waals surface area contributed by atoms with Crippen LogP contribution in [0.2, 0.25) is 0 Å². The van der Waals surface area contributed by atoms with Gasteiger partial charge in [0.05, 0.1) is 6.61 Å². The van der Waals surface area contributed by atoms with E-state index in [9.17, 15) is 9.59 Å². The van der Waals surface area contributed by atoms with Crippen LogP contribution in [-0.4, -0.2) is 45.4 Å². The molecule has 0 spiro atoms. The third-order valence-electron chi connectivity index (χ3n) is 3.62. The Hall–Kier alpha value is -1.74. The highest BCUT2D eigenvalue weighted by Gasteiger charge is 2.55. The molecule has 1 aromatic heterocycles. The maximum atomic E-state index is 12.0. The largest absolute Gasteiger partial charge is 0.392 e.